The monoisotopic (exact) mass is 602 g/mol. The highest BCUT2D eigenvalue weighted by molar-refractivity contribution is 6.34. The van der Waals surface area contributed by atoms with E-state index in [2.05, 4.69) is 15.6 Å². The van der Waals surface area contributed by atoms with Gasteiger partial charge in [0.15, 0.2) is 0 Å². The number of pyridine rings is 1. The summed E-state index contributed by atoms with van der Waals surface area (Å²) in [6.07, 6.45) is 4.60. The van der Waals surface area contributed by atoms with Crippen LogP contribution in [0.3, 0.4) is 0 Å². The smallest absolute Gasteiger partial charge is 0.257 e. The van der Waals surface area contributed by atoms with E-state index in [1.807, 2.05) is 83.4 Å². The minimum atomic E-state index is -0.291. The Kier molecular flexibility index (Phi) is 7.62. The summed E-state index contributed by atoms with van der Waals surface area (Å²) in [5.74, 6) is 0.897. The number of halogens is 1. The Morgan fingerprint density at radius 2 is 1.80 bits per heavy atom. The number of nitrogens with one attached hydrogen (secondary N) is 2. The molecule has 9 nitrogen and oxygen atoms in total. The summed E-state index contributed by atoms with van der Waals surface area (Å²) in [5.41, 5.74) is 5.58. The van der Waals surface area contributed by atoms with E-state index in [0.717, 1.165) is 41.4 Å². The molecule has 1 aliphatic heterocycles. The zero-order valence-electron chi connectivity index (χ0n) is 23.5. The Hall–Kier alpha value is -5.25. The number of nitrogens with zero attached hydrogens (tertiary/aromatic N) is 4. The SMILES string of the molecule is O=C(Nc1cccc(-c2nc3ccccn3c2-c2ccnc(Nc3cccc(OC4CCOC4)c3)n2)c1)c1ccccc1Cl. The fourth-order valence-electron chi connectivity index (χ4n) is 5.16. The van der Waals surface area contributed by atoms with Crippen LogP contribution in [0.5, 0.6) is 5.75 Å². The van der Waals surface area contributed by atoms with E-state index in [9.17, 15) is 4.79 Å². The lowest BCUT2D eigenvalue weighted by molar-refractivity contribution is 0.102. The minimum Gasteiger partial charge on any atom is -0.488 e. The topological polar surface area (TPSA) is 103 Å². The zero-order chi connectivity index (χ0) is 29.9. The highest BCUT2D eigenvalue weighted by Gasteiger charge is 2.20. The van der Waals surface area contributed by atoms with E-state index in [4.69, 9.17) is 31.0 Å². The summed E-state index contributed by atoms with van der Waals surface area (Å²) in [6.45, 7) is 1.32. The van der Waals surface area contributed by atoms with Crippen molar-refractivity contribution in [3.63, 3.8) is 0 Å². The Morgan fingerprint density at radius 1 is 0.932 bits per heavy atom. The van der Waals surface area contributed by atoms with Crippen LogP contribution >= 0.6 is 11.6 Å². The molecule has 0 aliphatic carbocycles. The number of carbonyl (C=O) groups excluding carboxylic acids is 1. The highest BCUT2D eigenvalue weighted by Crippen LogP contribution is 2.34. The van der Waals surface area contributed by atoms with E-state index >= 15 is 0 Å². The van der Waals surface area contributed by atoms with Crippen LogP contribution in [0.25, 0.3) is 28.3 Å². The molecule has 10 heteroatoms. The van der Waals surface area contributed by atoms with E-state index in [-0.39, 0.29) is 12.0 Å². The lowest BCUT2D eigenvalue weighted by Crippen LogP contribution is -2.15. The van der Waals surface area contributed by atoms with Crippen LogP contribution in [0.4, 0.5) is 17.3 Å². The van der Waals surface area contributed by atoms with Crippen LogP contribution < -0.4 is 15.4 Å². The van der Waals surface area contributed by atoms with E-state index in [1.165, 1.54) is 0 Å². The molecule has 0 saturated carbocycles. The molecule has 1 unspecified atom stereocenters. The van der Waals surface area contributed by atoms with Crippen molar-refractivity contribution in [3.8, 4) is 28.4 Å². The number of anilines is 3. The fourth-order valence-corrected chi connectivity index (χ4v) is 5.38. The Morgan fingerprint density at radius 3 is 2.68 bits per heavy atom. The maximum absolute atomic E-state index is 13.0. The van der Waals surface area contributed by atoms with Crippen LogP contribution in [0, 0.1) is 0 Å². The first-order valence-electron chi connectivity index (χ1n) is 14.2. The van der Waals surface area contributed by atoms with Gasteiger partial charge in [-0.25, -0.2) is 15.0 Å². The number of aromatic nitrogens is 4. The summed E-state index contributed by atoms with van der Waals surface area (Å²) in [4.78, 5) is 27.2. The zero-order valence-corrected chi connectivity index (χ0v) is 24.2. The number of ether oxygens (including phenoxy) is 2. The summed E-state index contributed by atoms with van der Waals surface area (Å²) in [5, 5.41) is 6.65. The lowest BCUT2D eigenvalue weighted by atomic mass is 10.1. The summed E-state index contributed by atoms with van der Waals surface area (Å²) >= 11 is 6.25. The van der Waals surface area contributed by atoms with E-state index in [1.54, 1.807) is 30.5 Å². The Bertz CT molecular complexity index is 1970. The number of benzene rings is 3. The first-order valence-corrected chi connectivity index (χ1v) is 14.6. The van der Waals surface area contributed by atoms with Gasteiger partial charge in [0.1, 0.15) is 17.5 Å². The standard InChI is InChI=1S/C34H27ClN6O3/c35-28-12-2-1-11-27(28)33(42)37-23-8-5-7-22(19-23)31-32(41-17-4-3-13-30(41)40-31)29-14-16-36-34(39-29)38-24-9-6-10-25(20-24)44-26-15-18-43-21-26/h1-14,16-17,19-20,26H,15,18,21H2,(H,37,42)(H,36,38,39). The van der Waals surface area contributed by atoms with Crippen molar-refractivity contribution in [3.05, 3.63) is 120 Å². The van der Waals surface area contributed by atoms with Crippen molar-refractivity contribution in [2.45, 2.75) is 12.5 Å². The van der Waals surface area contributed by atoms with Crippen molar-refractivity contribution in [2.75, 3.05) is 23.8 Å². The second-order valence-electron chi connectivity index (χ2n) is 10.3. The number of fused-ring (bicyclic) bond motifs is 1. The van der Waals surface area contributed by atoms with Crippen LogP contribution in [0.1, 0.15) is 16.8 Å². The molecule has 3 aromatic heterocycles. The number of imidazole rings is 1. The van der Waals surface area contributed by atoms with Crippen molar-refractivity contribution in [2.24, 2.45) is 0 Å². The number of hydrogen-bond donors (Lipinski definition) is 2. The molecule has 7 rings (SSSR count). The molecule has 6 aromatic rings. The van der Waals surface area contributed by atoms with Gasteiger partial charge in [-0.05, 0) is 54.6 Å². The third-order valence-electron chi connectivity index (χ3n) is 7.22. The van der Waals surface area contributed by atoms with Gasteiger partial charge >= 0.3 is 0 Å². The molecule has 4 heterocycles. The first-order chi connectivity index (χ1) is 21.6. The number of rotatable bonds is 8. The number of hydrogen-bond acceptors (Lipinski definition) is 7. The molecule has 44 heavy (non-hydrogen) atoms. The molecule has 3 aromatic carbocycles. The molecular weight excluding hydrogens is 576 g/mol. The molecule has 1 saturated heterocycles. The normalized spacial score (nSPS) is 14.4. The largest absolute Gasteiger partial charge is 0.488 e. The molecule has 1 fully saturated rings. The van der Waals surface area contributed by atoms with E-state index < -0.39 is 0 Å². The third-order valence-corrected chi connectivity index (χ3v) is 7.55. The van der Waals surface area contributed by atoms with Gasteiger partial charge in [0.25, 0.3) is 5.91 Å². The maximum Gasteiger partial charge on any atom is 0.257 e. The van der Waals surface area contributed by atoms with E-state index in [0.29, 0.717) is 40.2 Å². The number of carbonyl (C=O) groups is 1. The lowest BCUT2D eigenvalue weighted by Gasteiger charge is -2.13. The van der Waals surface area contributed by atoms with Gasteiger partial charge < -0.3 is 20.1 Å². The summed E-state index contributed by atoms with van der Waals surface area (Å²) in [7, 11) is 0. The molecule has 0 bridgehead atoms. The van der Waals surface area contributed by atoms with Gasteiger partial charge in [-0.2, -0.15) is 0 Å². The predicted octanol–water partition coefficient (Wildman–Crippen LogP) is 7.28. The number of amides is 1. The Labute approximate surface area is 258 Å². The summed E-state index contributed by atoms with van der Waals surface area (Å²) in [6, 6.07) is 29.9. The van der Waals surface area contributed by atoms with Gasteiger partial charge in [0.2, 0.25) is 5.95 Å². The van der Waals surface area contributed by atoms with Crippen LogP contribution in [-0.2, 0) is 4.74 Å². The fraction of sp³-hybridized carbons (Fsp3) is 0.118. The quantitative estimate of drug-likeness (QED) is 0.189. The molecule has 218 valence electrons. The minimum absolute atomic E-state index is 0.0568. The molecule has 0 radical (unpaired) electrons. The highest BCUT2D eigenvalue weighted by atomic mass is 35.5. The predicted molar refractivity (Wildman–Crippen MR) is 171 cm³/mol. The molecule has 2 N–H and O–H groups in total. The van der Waals surface area contributed by atoms with Crippen LogP contribution in [0.15, 0.2) is 109 Å². The van der Waals surface area contributed by atoms with Crippen LogP contribution in [0.2, 0.25) is 5.02 Å². The van der Waals surface area contributed by atoms with Gasteiger partial charge in [0.05, 0.1) is 40.9 Å². The second-order valence-corrected chi connectivity index (χ2v) is 10.7. The Balaban J connectivity index is 1.20. The van der Waals surface area contributed by atoms with Gasteiger partial charge in [-0.1, -0.05) is 48.0 Å². The molecular formula is C34H27ClN6O3. The molecule has 1 amide bonds. The maximum atomic E-state index is 13.0. The van der Waals surface area contributed by atoms with Crippen molar-refractivity contribution in [1.29, 1.82) is 0 Å². The van der Waals surface area contributed by atoms with Gasteiger partial charge in [0, 0.05) is 41.8 Å². The van der Waals surface area contributed by atoms with Gasteiger partial charge in [-0.3, -0.25) is 9.20 Å². The molecule has 1 aliphatic rings. The average molecular weight is 603 g/mol. The van der Waals surface area contributed by atoms with Gasteiger partial charge in [-0.15, -0.1) is 0 Å². The van der Waals surface area contributed by atoms with Crippen molar-refractivity contribution in [1.82, 2.24) is 19.4 Å². The van der Waals surface area contributed by atoms with Crippen LogP contribution in [-0.4, -0.2) is 44.6 Å². The third kappa shape index (κ3) is 5.83. The summed E-state index contributed by atoms with van der Waals surface area (Å²) < 4.78 is 13.5. The second kappa shape index (κ2) is 12.2. The average Bonchev–Trinajstić information content (AvgIpc) is 3.70. The molecule has 0 spiro atoms. The molecule has 1 atom stereocenters. The van der Waals surface area contributed by atoms with Crippen molar-refractivity contribution < 1.29 is 14.3 Å². The van der Waals surface area contributed by atoms with Crippen molar-refractivity contribution >= 4 is 40.5 Å². The first kappa shape index (κ1) is 27.6.